The highest BCUT2D eigenvalue weighted by Gasteiger charge is 2.35. The minimum absolute atomic E-state index is 0.0114. The van der Waals surface area contributed by atoms with Gasteiger partial charge in [0.2, 0.25) is 17.7 Å². The third-order valence-electron chi connectivity index (χ3n) is 5.66. The van der Waals surface area contributed by atoms with Gasteiger partial charge in [-0.25, -0.2) is 0 Å². The molecule has 0 radical (unpaired) electrons. The molecule has 0 aromatic heterocycles. The molecule has 0 unspecified atom stereocenters. The summed E-state index contributed by atoms with van der Waals surface area (Å²) in [5.41, 5.74) is 6.27. The van der Waals surface area contributed by atoms with Gasteiger partial charge in [0, 0.05) is 19.4 Å². The predicted molar refractivity (Wildman–Crippen MR) is 116 cm³/mol. The molecule has 1 fully saturated rings. The first-order chi connectivity index (χ1) is 14.4. The van der Waals surface area contributed by atoms with Gasteiger partial charge in [0.05, 0.1) is 0 Å². The van der Waals surface area contributed by atoms with E-state index in [2.05, 4.69) is 12.2 Å². The number of primary amides is 1. The quantitative estimate of drug-likeness (QED) is 0.454. The van der Waals surface area contributed by atoms with E-state index in [0.29, 0.717) is 19.4 Å². The van der Waals surface area contributed by atoms with E-state index >= 15 is 0 Å². The number of phenols is 1. The summed E-state index contributed by atoms with van der Waals surface area (Å²) in [6, 6.07) is 5.01. The number of nitrogens with zero attached hydrogens (tertiary/aromatic N) is 1. The van der Waals surface area contributed by atoms with Crippen LogP contribution in [0.1, 0.15) is 70.3 Å². The van der Waals surface area contributed by atoms with Crippen molar-refractivity contribution in [3.63, 3.8) is 0 Å². The largest absolute Gasteiger partial charge is 0.508 e. The van der Waals surface area contributed by atoms with Crippen LogP contribution in [0, 0.1) is 0 Å². The topological polar surface area (TPSA) is 113 Å². The average Bonchev–Trinajstić information content (AvgIpc) is 3.21. The lowest BCUT2D eigenvalue weighted by Gasteiger charge is -2.26. The van der Waals surface area contributed by atoms with E-state index in [0.717, 1.165) is 31.2 Å². The molecule has 2 atom stereocenters. The van der Waals surface area contributed by atoms with Crippen LogP contribution >= 0.6 is 0 Å². The van der Waals surface area contributed by atoms with Crippen molar-refractivity contribution in [1.82, 2.24) is 10.2 Å². The second kappa shape index (κ2) is 12.2. The highest BCUT2D eigenvalue weighted by atomic mass is 16.3. The van der Waals surface area contributed by atoms with Crippen molar-refractivity contribution in [1.29, 1.82) is 0 Å². The lowest BCUT2D eigenvalue weighted by atomic mass is 10.0. The molecule has 1 aliphatic rings. The number of rotatable bonds is 12. The Kier molecular flexibility index (Phi) is 9.64. The second-order valence-electron chi connectivity index (χ2n) is 8.10. The van der Waals surface area contributed by atoms with Gasteiger partial charge in [-0.15, -0.1) is 0 Å². The number of benzene rings is 1. The molecule has 1 aliphatic heterocycles. The standard InChI is InChI=1S/C23H35N3O4/c1-2-3-4-5-6-7-10-21(28)26-15-8-9-20(26)23(30)25-19(22(24)29)16-17-11-13-18(27)14-12-17/h11-14,19-20,27H,2-10,15-16H2,1H3,(H2,24,29)(H,25,30)/t19-,20-/m0/s1. The molecule has 30 heavy (non-hydrogen) atoms. The molecule has 1 heterocycles. The number of nitrogens with two attached hydrogens (primary N) is 1. The lowest BCUT2D eigenvalue weighted by molar-refractivity contribution is -0.139. The molecule has 1 aromatic rings. The van der Waals surface area contributed by atoms with E-state index in [1.165, 1.54) is 31.4 Å². The first-order valence-electron chi connectivity index (χ1n) is 11.1. The van der Waals surface area contributed by atoms with Crippen LogP contribution in [0.15, 0.2) is 24.3 Å². The van der Waals surface area contributed by atoms with Crippen LogP contribution in [-0.4, -0.2) is 46.4 Å². The Morgan fingerprint density at radius 3 is 2.47 bits per heavy atom. The number of unbranched alkanes of at least 4 members (excludes halogenated alkanes) is 5. The van der Waals surface area contributed by atoms with Gasteiger partial charge in [-0.05, 0) is 37.0 Å². The third-order valence-corrected chi connectivity index (χ3v) is 5.66. The molecule has 4 N–H and O–H groups in total. The number of nitrogens with one attached hydrogen (secondary N) is 1. The molecular formula is C23H35N3O4. The Bertz CT molecular complexity index is 705. The van der Waals surface area contributed by atoms with E-state index in [4.69, 9.17) is 5.73 Å². The van der Waals surface area contributed by atoms with Gasteiger partial charge in [-0.2, -0.15) is 0 Å². The van der Waals surface area contributed by atoms with Crippen molar-refractivity contribution in [3.05, 3.63) is 29.8 Å². The Morgan fingerprint density at radius 1 is 1.13 bits per heavy atom. The normalized spacial score (nSPS) is 17.0. The number of amides is 3. The van der Waals surface area contributed by atoms with Crippen molar-refractivity contribution in [3.8, 4) is 5.75 Å². The third kappa shape index (κ3) is 7.35. The molecule has 0 aliphatic carbocycles. The summed E-state index contributed by atoms with van der Waals surface area (Å²) in [7, 11) is 0. The van der Waals surface area contributed by atoms with Crippen molar-refractivity contribution in [2.45, 2.75) is 83.2 Å². The minimum atomic E-state index is -0.863. The Labute approximate surface area is 179 Å². The first-order valence-corrected chi connectivity index (χ1v) is 11.1. The zero-order valence-corrected chi connectivity index (χ0v) is 17.9. The maximum atomic E-state index is 12.8. The Balaban J connectivity index is 1.87. The Morgan fingerprint density at radius 2 is 1.80 bits per heavy atom. The van der Waals surface area contributed by atoms with Gasteiger partial charge in [0.1, 0.15) is 17.8 Å². The molecule has 1 saturated heterocycles. The summed E-state index contributed by atoms with van der Waals surface area (Å²) < 4.78 is 0. The smallest absolute Gasteiger partial charge is 0.243 e. The number of hydrogen-bond donors (Lipinski definition) is 3. The van der Waals surface area contributed by atoms with Crippen LogP contribution in [0.5, 0.6) is 5.75 Å². The second-order valence-corrected chi connectivity index (χ2v) is 8.10. The number of hydrogen-bond acceptors (Lipinski definition) is 4. The van der Waals surface area contributed by atoms with Crippen molar-refractivity contribution >= 4 is 17.7 Å². The van der Waals surface area contributed by atoms with Crippen molar-refractivity contribution < 1.29 is 19.5 Å². The highest BCUT2D eigenvalue weighted by molar-refractivity contribution is 5.92. The molecule has 3 amide bonds. The molecule has 7 heteroatoms. The van der Waals surface area contributed by atoms with E-state index in [1.807, 2.05) is 0 Å². The van der Waals surface area contributed by atoms with E-state index < -0.39 is 18.0 Å². The molecule has 0 saturated carbocycles. The van der Waals surface area contributed by atoms with E-state index in [9.17, 15) is 19.5 Å². The molecule has 166 valence electrons. The van der Waals surface area contributed by atoms with Crippen LogP contribution in [0.25, 0.3) is 0 Å². The van der Waals surface area contributed by atoms with Gasteiger partial charge < -0.3 is 21.1 Å². The van der Waals surface area contributed by atoms with Crippen LogP contribution in [-0.2, 0) is 20.8 Å². The van der Waals surface area contributed by atoms with E-state index in [-0.39, 0.29) is 24.0 Å². The monoisotopic (exact) mass is 417 g/mol. The fourth-order valence-electron chi connectivity index (χ4n) is 3.90. The summed E-state index contributed by atoms with van der Waals surface area (Å²) in [5.74, 6) is -0.813. The average molecular weight is 418 g/mol. The fraction of sp³-hybridized carbons (Fsp3) is 0.609. The van der Waals surface area contributed by atoms with Crippen LogP contribution in [0.4, 0.5) is 0 Å². The summed E-state index contributed by atoms with van der Waals surface area (Å²) in [4.78, 5) is 39.0. The zero-order chi connectivity index (χ0) is 21.9. The predicted octanol–water partition coefficient (Wildman–Crippen LogP) is 2.65. The summed E-state index contributed by atoms with van der Waals surface area (Å²) in [6.07, 6.45) is 8.72. The maximum Gasteiger partial charge on any atom is 0.243 e. The number of carbonyl (C=O) groups is 3. The lowest BCUT2D eigenvalue weighted by Crippen LogP contribution is -2.53. The van der Waals surface area contributed by atoms with Gasteiger partial charge >= 0.3 is 0 Å². The number of carbonyl (C=O) groups excluding carboxylic acids is 3. The highest BCUT2D eigenvalue weighted by Crippen LogP contribution is 2.20. The number of likely N-dealkylation sites (tertiary alicyclic amines) is 1. The van der Waals surface area contributed by atoms with Gasteiger partial charge in [0.25, 0.3) is 0 Å². The summed E-state index contributed by atoms with van der Waals surface area (Å²) in [5, 5.41) is 12.1. The zero-order valence-electron chi connectivity index (χ0n) is 17.9. The summed E-state index contributed by atoms with van der Waals surface area (Å²) >= 11 is 0. The van der Waals surface area contributed by atoms with Crippen molar-refractivity contribution in [2.24, 2.45) is 5.73 Å². The van der Waals surface area contributed by atoms with Crippen LogP contribution in [0.2, 0.25) is 0 Å². The maximum absolute atomic E-state index is 12.8. The van der Waals surface area contributed by atoms with Crippen LogP contribution < -0.4 is 11.1 Å². The summed E-state index contributed by atoms with van der Waals surface area (Å²) in [6.45, 7) is 2.75. The van der Waals surface area contributed by atoms with Gasteiger partial charge in [-0.3, -0.25) is 14.4 Å². The molecule has 7 nitrogen and oxygen atoms in total. The molecular weight excluding hydrogens is 382 g/mol. The number of phenolic OH excluding ortho intramolecular Hbond substituents is 1. The molecule has 0 bridgehead atoms. The Hall–Kier alpha value is -2.57. The minimum Gasteiger partial charge on any atom is -0.508 e. The van der Waals surface area contributed by atoms with Gasteiger partial charge in [-0.1, -0.05) is 51.2 Å². The van der Waals surface area contributed by atoms with E-state index in [1.54, 1.807) is 17.0 Å². The van der Waals surface area contributed by atoms with Gasteiger partial charge in [0.15, 0.2) is 0 Å². The molecule has 0 spiro atoms. The van der Waals surface area contributed by atoms with Crippen LogP contribution in [0.3, 0.4) is 0 Å². The molecule has 2 rings (SSSR count). The number of aromatic hydroxyl groups is 1. The first kappa shape index (κ1) is 23.7. The fourth-order valence-corrected chi connectivity index (χ4v) is 3.90. The SMILES string of the molecule is CCCCCCCCC(=O)N1CCC[C@H]1C(=O)N[C@@H](Cc1ccc(O)cc1)C(N)=O. The van der Waals surface area contributed by atoms with Crippen molar-refractivity contribution in [2.75, 3.05) is 6.54 Å². The molecule has 1 aromatic carbocycles.